The van der Waals surface area contributed by atoms with Crippen molar-refractivity contribution in [2.45, 2.75) is 18.1 Å². The first-order valence-electron chi connectivity index (χ1n) is 7.28. The number of aromatic nitrogens is 1. The average molecular weight is 364 g/mol. The van der Waals surface area contributed by atoms with E-state index >= 15 is 0 Å². The molecule has 2 N–H and O–H groups in total. The van der Waals surface area contributed by atoms with Crippen molar-refractivity contribution in [3.63, 3.8) is 0 Å². The Bertz CT molecular complexity index is 989. The van der Waals surface area contributed by atoms with Crippen molar-refractivity contribution < 1.29 is 17.9 Å². The third-order valence-corrected chi connectivity index (χ3v) is 6.34. The summed E-state index contributed by atoms with van der Waals surface area (Å²) in [4.78, 5) is 15.0. The van der Waals surface area contributed by atoms with Crippen LogP contribution in [0.1, 0.15) is 23.0 Å². The lowest BCUT2D eigenvalue weighted by Gasteiger charge is -2.07. The van der Waals surface area contributed by atoms with Gasteiger partial charge in [-0.1, -0.05) is 18.2 Å². The van der Waals surface area contributed by atoms with Crippen LogP contribution in [0.3, 0.4) is 0 Å². The number of esters is 1. The topological polar surface area (TPSA) is 88.3 Å². The Kier molecular flexibility index (Phi) is 4.33. The molecule has 126 valence electrons. The molecule has 2 heterocycles. The summed E-state index contributed by atoms with van der Waals surface area (Å²) in [6.07, 6.45) is 0. The van der Waals surface area contributed by atoms with Crippen LogP contribution in [0, 0.1) is 6.92 Å². The Labute approximate surface area is 143 Å². The molecule has 0 saturated heterocycles. The minimum absolute atomic E-state index is 0.230. The predicted octanol–water partition coefficient (Wildman–Crippen LogP) is 3.52. The molecule has 0 unspecified atom stereocenters. The van der Waals surface area contributed by atoms with Crippen molar-refractivity contribution >= 4 is 43.9 Å². The molecule has 3 rings (SSSR count). The largest absolute Gasteiger partial charge is 0.461 e. The highest BCUT2D eigenvalue weighted by atomic mass is 32.2. The number of para-hydroxylation sites is 1. The number of fused-ring (bicyclic) bond motifs is 1. The Balaban J connectivity index is 2.07. The number of anilines is 1. The van der Waals surface area contributed by atoms with Crippen LogP contribution in [0.15, 0.2) is 39.9 Å². The lowest BCUT2D eigenvalue weighted by molar-refractivity contribution is 0.0520. The number of H-pyrrole nitrogens is 1. The third-order valence-electron chi connectivity index (χ3n) is 3.58. The SMILES string of the molecule is CCOC(=O)c1[nH]c2c(NS(=O)(=O)c3cccs3)cccc2c1C. The molecule has 0 aliphatic heterocycles. The summed E-state index contributed by atoms with van der Waals surface area (Å²) in [5.41, 5.74) is 1.99. The zero-order chi connectivity index (χ0) is 17.3. The number of sulfonamides is 1. The van der Waals surface area contributed by atoms with Gasteiger partial charge in [0.1, 0.15) is 9.90 Å². The monoisotopic (exact) mass is 364 g/mol. The Morgan fingerprint density at radius 3 is 2.75 bits per heavy atom. The van der Waals surface area contributed by atoms with Crippen molar-refractivity contribution in [2.24, 2.45) is 0 Å². The number of ether oxygens (including phenoxy) is 1. The molecule has 24 heavy (non-hydrogen) atoms. The highest BCUT2D eigenvalue weighted by Crippen LogP contribution is 2.30. The predicted molar refractivity (Wildman–Crippen MR) is 94.1 cm³/mol. The molecule has 2 aromatic heterocycles. The quantitative estimate of drug-likeness (QED) is 0.678. The molecule has 1 aromatic carbocycles. The molecule has 0 saturated carbocycles. The van der Waals surface area contributed by atoms with E-state index in [2.05, 4.69) is 9.71 Å². The van der Waals surface area contributed by atoms with Gasteiger partial charge in [0.15, 0.2) is 0 Å². The maximum absolute atomic E-state index is 12.4. The molecule has 0 spiro atoms. The minimum Gasteiger partial charge on any atom is -0.461 e. The van der Waals surface area contributed by atoms with E-state index < -0.39 is 16.0 Å². The first-order chi connectivity index (χ1) is 11.4. The van der Waals surface area contributed by atoms with E-state index in [0.717, 1.165) is 22.3 Å². The second kappa shape index (κ2) is 6.29. The third kappa shape index (κ3) is 2.90. The summed E-state index contributed by atoms with van der Waals surface area (Å²) < 4.78 is 32.7. The number of thiophene rings is 1. The Morgan fingerprint density at radius 2 is 2.08 bits per heavy atom. The van der Waals surface area contributed by atoms with Crippen LogP contribution in [0.25, 0.3) is 10.9 Å². The number of hydrogen-bond donors (Lipinski definition) is 2. The standard InChI is InChI=1S/C16H16N2O4S2/c1-3-22-16(19)14-10(2)11-6-4-7-12(15(11)17-14)18-24(20,21)13-8-5-9-23-13/h4-9,17-18H,3H2,1-2H3. The van der Waals surface area contributed by atoms with Gasteiger partial charge < -0.3 is 9.72 Å². The van der Waals surface area contributed by atoms with Crippen molar-refractivity contribution in [3.8, 4) is 0 Å². The first-order valence-corrected chi connectivity index (χ1v) is 9.65. The Morgan fingerprint density at radius 1 is 1.29 bits per heavy atom. The lowest BCUT2D eigenvalue weighted by atomic mass is 10.1. The van der Waals surface area contributed by atoms with E-state index in [1.165, 1.54) is 6.07 Å². The Hall–Kier alpha value is -2.32. The lowest BCUT2D eigenvalue weighted by Crippen LogP contribution is -2.11. The van der Waals surface area contributed by atoms with Gasteiger partial charge in [0.2, 0.25) is 0 Å². The summed E-state index contributed by atoms with van der Waals surface area (Å²) in [5.74, 6) is -0.460. The van der Waals surface area contributed by atoms with Gasteiger partial charge in [-0.25, -0.2) is 13.2 Å². The van der Waals surface area contributed by atoms with Crippen molar-refractivity contribution in [2.75, 3.05) is 11.3 Å². The van der Waals surface area contributed by atoms with E-state index in [1.807, 2.05) is 6.07 Å². The van der Waals surface area contributed by atoms with Crippen LogP contribution < -0.4 is 4.72 Å². The van der Waals surface area contributed by atoms with Crippen LogP contribution in [0.5, 0.6) is 0 Å². The fraction of sp³-hybridized carbons (Fsp3) is 0.188. The average Bonchev–Trinajstić information content (AvgIpc) is 3.17. The van der Waals surface area contributed by atoms with Gasteiger partial charge in [-0.3, -0.25) is 4.72 Å². The number of carbonyl (C=O) groups is 1. The number of aromatic amines is 1. The van der Waals surface area contributed by atoms with Crippen LogP contribution in [-0.4, -0.2) is 26.0 Å². The number of aryl methyl sites for hydroxylation is 1. The van der Waals surface area contributed by atoms with Gasteiger partial charge >= 0.3 is 5.97 Å². The van der Waals surface area contributed by atoms with Gasteiger partial charge in [-0.15, -0.1) is 11.3 Å². The summed E-state index contributed by atoms with van der Waals surface area (Å²) in [5, 5.41) is 2.47. The van der Waals surface area contributed by atoms with Crippen LogP contribution in [-0.2, 0) is 14.8 Å². The van der Waals surface area contributed by atoms with Crippen LogP contribution >= 0.6 is 11.3 Å². The fourth-order valence-electron chi connectivity index (χ4n) is 2.46. The number of benzene rings is 1. The number of rotatable bonds is 5. The van der Waals surface area contributed by atoms with Crippen LogP contribution in [0.2, 0.25) is 0 Å². The maximum Gasteiger partial charge on any atom is 0.355 e. The number of carbonyl (C=O) groups excluding carboxylic acids is 1. The van der Waals surface area contributed by atoms with Crippen molar-refractivity contribution in [1.82, 2.24) is 4.98 Å². The molecule has 0 bridgehead atoms. The van der Waals surface area contributed by atoms with E-state index in [0.29, 0.717) is 16.9 Å². The zero-order valence-electron chi connectivity index (χ0n) is 13.1. The number of nitrogens with one attached hydrogen (secondary N) is 2. The van der Waals surface area contributed by atoms with E-state index in [-0.39, 0.29) is 10.8 Å². The van der Waals surface area contributed by atoms with Crippen LogP contribution in [0.4, 0.5) is 5.69 Å². The molecule has 3 aromatic rings. The highest BCUT2D eigenvalue weighted by molar-refractivity contribution is 7.94. The second-order valence-electron chi connectivity index (χ2n) is 5.11. The normalized spacial score (nSPS) is 11.6. The summed E-state index contributed by atoms with van der Waals surface area (Å²) in [6.45, 7) is 3.80. The van der Waals surface area contributed by atoms with Gasteiger partial charge in [-0.2, -0.15) is 0 Å². The summed E-state index contributed by atoms with van der Waals surface area (Å²) in [7, 11) is -3.66. The maximum atomic E-state index is 12.4. The smallest absolute Gasteiger partial charge is 0.355 e. The fourth-order valence-corrected chi connectivity index (χ4v) is 4.52. The molecule has 0 fully saturated rings. The zero-order valence-corrected chi connectivity index (χ0v) is 14.8. The summed E-state index contributed by atoms with van der Waals surface area (Å²) >= 11 is 1.14. The molecule has 0 atom stereocenters. The highest BCUT2D eigenvalue weighted by Gasteiger charge is 2.20. The molecule has 6 nitrogen and oxygen atoms in total. The number of hydrogen-bond acceptors (Lipinski definition) is 5. The molecule has 0 aliphatic carbocycles. The van der Waals surface area contributed by atoms with E-state index in [4.69, 9.17) is 4.74 Å². The van der Waals surface area contributed by atoms with E-state index in [1.54, 1.807) is 37.4 Å². The van der Waals surface area contributed by atoms with Crippen molar-refractivity contribution in [1.29, 1.82) is 0 Å². The van der Waals surface area contributed by atoms with E-state index in [9.17, 15) is 13.2 Å². The van der Waals surface area contributed by atoms with Gasteiger partial charge in [-0.05, 0) is 36.9 Å². The molecular formula is C16H16N2O4S2. The van der Waals surface area contributed by atoms with Gasteiger partial charge in [0, 0.05) is 5.39 Å². The summed E-state index contributed by atoms with van der Waals surface area (Å²) in [6, 6.07) is 8.43. The molecule has 8 heteroatoms. The van der Waals surface area contributed by atoms with Gasteiger partial charge in [0.05, 0.1) is 17.8 Å². The first kappa shape index (κ1) is 16.5. The van der Waals surface area contributed by atoms with Gasteiger partial charge in [0.25, 0.3) is 10.0 Å². The second-order valence-corrected chi connectivity index (χ2v) is 7.97. The molecule has 0 radical (unpaired) electrons. The molecular weight excluding hydrogens is 348 g/mol. The molecule has 0 aliphatic rings. The van der Waals surface area contributed by atoms with Crippen molar-refractivity contribution in [3.05, 3.63) is 47.0 Å². The minimum atomic E-state index is -3.66. The molecule has 0 amide bonds.